The largest absolute Gasteiger partial charge is 0.399 e. The van der Waals surface area contributed by atoms with E-state index in [9.17, 15) is 4.79 Å². The van der Waals surface area contributed by atoms with Crippen molar-refractivity contribution in [3.8, 4) is 0 Å². The number of hydrogen-bond acceptors (Lipinski definition) is 4. The Morgan fingerprint density at radius 2 is 1.85 bits per heavy atom. The molecule has 0 spiro atoms. The molecule has 1 aliphatic heterocycles. The normalized spacial score (nSPS) is 17.0. The molecule has 3 rings (SSSR count). The summed E-state index contributed by atoms with van der Waals surface area (Å²) in [6.07, 6.45) is 2.43. The van der Waals surface area contributed by atoms with Gasteiger partial charge in [0, 0.05) is 17.9 Å². The van der Waals surface area contributed by atoms with E-state index in [1.165, 1.54) is 12.8 Å². The molecule has 2 aromatic carbocycles. The summed E-state index contributed by atoms with van der Waals surface area (Å²) in [5.41, 5.74) is 15.3. The van der Waals surface area contributed by atoms with Gasteiger partial charge in [0.2, 0.25) is 5.91 Å². The second kappa shape index (κ2) is 8.23. The molecule has 5 nitrogen and oxygen atoms in total. The van der Waals surface area contributed by atoms with Gasteiger partial charge in [-0.1, -0.05) is 30.3 Å². The van der Waals surface area contributed by atoms with Crippen LogP contribution < -0.4 is 16.8 Å². The fourth-order valence-corrected chi connectivity index (χ4v) is 3.58. The topological polar surface area (TPSA) is 84.4 Å². The Hall–Kier alpha value is -2.53. The van der Waals surface area contributed by atoms with Gasteiger partial charge in [0.15, 0.2) is 0 Å². The van der Waals surface area contributed by atoms with Crippen LogP contribution in [0.2, 0.25) is 0 Å². The van der Waals surface area contributed by atoms with Crippen molar-refractivity contribution in [2.24, 2.45) is 0 Å². The monoisotopic (exact) mass is 352 g/mol. The maximum Gasteiger partial charge on any atom is 0.227 e. The highest BCUT2D eigenvalue weighted by molar-refractivity contribution is 5.85. The van der Waals surface area contributed by atoms with Gasteiger partial charge in [-0.05, 0) is 62.2 Å². The molecule has 1 saturated heterocycles. The van der Waals surface area contributed by atoms with E-state index < -0.39 is 0 Å². The van der Waals surface area contributed by atoms with Gasteiger partial charge in [0.25, 0.3) is 0 Å². The number of likely N-dealkylation sites (tertiary alicyclic amines) is 1. The van der Waals surface area contributed by atoms with E-state index in [0.29, 0.717) is 11.4 Å². The Morgan fingerprint density at radius 1 is 1.12 bits per heavy atom. The van der Waals surface area contributed by atoms with Gasteiger partial charge in [-0.15, -0.1) is 0 Å². The average Bonchev–Trinajstić information content (AvgIpc) is 3.14. The molecule has 0 radical (unpaired) electrons. The van der Waals surface area contributed by atoms with Gasteiger partial charge in [-0.2, -0.15) is 0 Å². The zero-order chi connectivity index (χ0) is 18.5. The number of hydrogen-bond donors (Lipinski definition) is 3. The second-order valence-corrected chi connectivity index (χ2v) is 7.09. The van der Waals surface area contributed by atoms with Crippen LogP contribution in [0.4, 0.5) is 11.4 Å². The molecular formula is C21H28N4O. The number of anilines is 2. The molecule has 2 atom stereocenters. The van der Waals surface area contributed by atoms with Crippen molar-refractivity contribution in [3.63, 3.8) is 0 Å². The Morgan fingerprint density at radius 3 is 2.54 bits per heavy atom. The number of nitrogens with zero attached hydrogens (tertiary/aromatic N) is 1. The van der Waals surface area contributed by atoms with E-state index in [-0.39, 0.29) is 17.9 Å². The van der Waals surface area contributed by atoms with Crippen LogP contribution in [0.3, 0.4) is 0 Å². The summed E-state index contributed by atoms with van der Waals surface area (Å²) < 4.78 is 0. The maximum atomic E-state index is 12.9. The van der Waals surface area contributed by atoms with E-state index in [1.54, 1.807) is 0 Å². The minimum absolute atomic E-state index is 0.0190. The van der Waals surface area contributed by atoms with Crippen LogP contribution in [0.1, 0.15) is 42.9 Å². The van der Waals surface area contributed by atoms with E-state index in [0.717, 1.165) is 30.8 Å². The number of para-hydroxylation sites is 1. The molecule has 2 unspecified atom stereocenters. The Balaban J connectivity index is 1.78. The molecule has 1 aliphatic rings. The molecule has 26 heavy (non-hydrogen) atoms. The number of amides is 1. The molecule has 5 N–H and O–H groups in total. The van der Waals surface area contributed by atoms with Crippen molar-refractivity contribution in [3.05, 3.63) is 59.7 Å². The highest BCUT2D eigenvalue weighted by atomic mass is 16.1. The number of rotatable bonds is 6. The summed E-state index contributed by atoms with van der Waals surface area (Å²) in [7, 11) is 0. The van der Waals surface area contributed by atoms with Crippen LogP contribution in [0.5, 0.6) is 0 Å². The first kappa shape index (κ1) is 18.3. The van der Waals surface area contributed by atoms with E-state index in [2.05, 4.69) is 10.2 Å². The van der Waals surface area contributed by atoms with Crippen LogP contribution in [0, 0.1) is 0 Å². The number of carbonyl (C=O) groups is 1. The number of nitrogens with two attached hydrogens (primary N) is 2. The smallest absolute Gasteiger partial charge is 0.227 e. The van der Waals surface area contributed by atoms with Crippen molar-refractivity contribution in [1.82, 2.24) is 10.2 Å². The Labute approximate surface area is 155 Å². The van der Waals surface area contributed by atoms with E-state index in [1.807, 2.05) is 55.5 Å². The summed E-state index contributed by atoms with van der Waals surface area (Å²) in [5.74, 6) is -0.326. The Bertz CT molecular complexity index is 755. The molecule has 138 valence electrons. The summed E-state index contributed by atoms with van der Waals surface area (Å²) in [6, 6.07) is 15.2. The first-order chi connectivity index (χ1) is 12.5. The third-order valence-electron chi connectivity index (χ3n) is 5.12. The standard InChI is InChI=1S/C21H28N4O/c1-15(18-9-2-3-10-19(18)23)21(26)24-20(14-25-11-4-5-12-25)16-7-6-8-17(22)13-16/h2-3,6-10,13,15,20H,4-5,11-12,14,22-23H2,1H3,(H,24,26). The van der Waals surface area contributed by atoms with Crippen LogP contribution in [-0.2, 0) is 4.79 Å². The second-order valence-electron chi connectivity index (χ2n) is 7.09. The van der Waals surface area contributed by atoms with Crippen LogP contribution in [0.25, 0.3) is 0 Å². The zero-order valence-corrected chi connectivity index (χ0v) is 15.3. The lowest BCUT2D eigenvalue weighted by atomic mass is 9.97. The predicted octanol–water partition coefficient (Wildman–Crippen LogP) is 2.91. The minimum Gasteiger partial charge on any atom is -0.399 e. The number of nitrogen functional groups attached to an aromatic ring is 2. The van der Waals surface area contributed by atoms with Crippen LogP contribution in [0.15, 0.2) is 48.5 Å². The molecule has 1 fully saturated rings. The third-order valence-corrected chi connectivity index (χ3v) is 5.12. The summed E-state index contributed by atoms with van der Waals surface area (Å²) in [6.45, 7) is 4.85. The predicted molar refractivity (Wildman–Crippen MR) is 107 cm³/mol. The van der Waals surface area contributed by atoms with Crippen LogP contribution in [-0.4, -0.2) is 30.4 Å². The minimum atomic E-state index is -0.307. The van der Waals surface area contributed by atoms with Gasteiger partial charge in [0.1, 0.15) is 0 Å². The quantitative estimate of drug-likeness (QED) is 0.698. The average molecular weight is 352 g/mol. The van der Waals surface area contributed by atoms with Crippen molar-refractivity contribution >= 4 is 17.3 Å². The maximum absolute atomic E-state index is 12.9. The lowest BCUT2D eigenvalue weighted by molar-refractivity contribution is -0.123. The van der Waals surface area contributed by atoms with Crippen molar-refractivity contribution < 1.29 is 4.79 Å². The number of benzene rings is 2. The van der Waals surface area contributed by atoms with Crippen molar-refractivity contribution in [2.45, 2.75) is 31.7 Å². The van der Waals surface area contributed by atoms with Gasteiger partial charge >= 0.3 is 0 Å². The zero-order valence-electron chi connectivity index (χ0n) is 15.3. The van der Waals surface area contributed by atoms with Crippen LogP contribution >= 0.6 is 0 Å². The number of carbonyl (C=O) groups excluding carboxylic acids is 1. The molecule has 2 aromatic rings. The SMILES string of the molecule is CC(C(=O)NC(CN1CCCC1)c1cccc(N)c1)c1ccccc1N. The van der Waals surface area contributed by atoms with Crippen molar-refractivity contribution in [2.75, 3.05) is 31.1 Å². The van der Waals surface area contributed by atoms with E-state index >= 15 is 0 Å². The summed E-state index contributed by atoms with van der Waals surface area (Å²) >= 11 is 0. The first-order valence-electron chi connectivity index (χ1n) is 9.27. The lowest BCUT2D eigenvalue weighted by Gasteiger charge is -2.26. The fraction of sp³-hybridized carbons (Fsp3) is 0.381. The molecule has 0 bridgehead atoms. The Kier molecular flexibility index (Phi) is 5.78. The first-order valence-corrected chi connectivity index (χ1v) is 9.27. The van der Waals surface area contributed by atoms with Gasteiger partial charge in [-0.3, -0.25) is 4.79 Å². The summed E-state index contributed by atoms with van der Waals surface area (Å²) in [4.78, 5) is 15.3. The fourth-order valence-electron chi connectivity index (χ4n) is 3.58. The molecule has 1 heterocycles. The summed E-state index contributed by atoms with van der Waals surface area (Å²) in [5, 5.41) is 3.22. The van der Waals surface area contributed by atoms with Gasteiger partial charge in [-0.25, -0.2) is 0 Å². The highest BCUT2D eigenvalue weighted by Crippen LogP contribution is 2.25. The molecule has 0 aromatic heterocycles. The molecule has 5 heteroatoms. The van der Waals surface area contributed by atoms with Crippen molar-refractivity contribution in [1.29, 1.82) is 0 Å². The molecule has 1 amide bonds. The highest BCUT2D eigenvalue weighted by Gasteiger charge is 2.24. The molecule has 0 aliphatic carbocycles. The number of nitrogens with one attached hydrogen (secondary N) is 1. The van der Waals surface area contributed by atoms with Gasteiger partial charge in [0.05, 0.1) is 12.0 Å². The lowest BCUT2D eigenvalue weighted by Crippen LogP contribution is -2.38. The molecular weight excluding hydrogens is 324 g/mol. The van der Waals surface area contributed by atoms with Gasteiger partial charge < -0.3 is 21.7 Å². The third kappa shape index (κ3) is 4.35. The molecule has 0 saturated carbocycles. The van der Waals surface area contributed by atoms with E-state index in [4.69, 9.17) is 11.5 Å².